The molecular weight excluding hydrogens is 382 g/mol. The van der Waals surface area contributed by atoms with Crippen LogP contribution in [0.5, 0.6) is 11.5 Å². The molecule has 0 aromatic heterocycles. The Balaban J connectivity index is 1.87. The number of sulfonamides is 1. The van der Waals surface area contributed by atoms with Gasteiger partial charge in [-0.15, -0.1) is 0 Å². The quantitative estimate of drug-likeness (QED) is 0.628. The molecule has 0 amide bonds. The Kier molecular flexibility index (Phi) is 6.53. The molecule has 150 valence electrons. The van der Waals surface area contributed by atoms with E-state index in [0.717, 1.165) is 5.56 Å². The SMILES string of the molecule is CCOC(=O)CCN(Cc1ccccc1)S(=O)(=O)c1ccc2c(c1)OCCO2. The van der Waals surface area contributed by atoms with Gasteiger partial charge in [-0.25, -0.2) is 8.42 Å². The first-order valence-corrected chi connectivity index (χ1v) is 10.5. The van der Waals surface area contributed by atoms with E-state index in [9.17, 15) is 13.2 Å². The van der Waals surface area contributed by atoms with Crippen LogP contribution in [-0.2, 0) is 26.1 Å². The molecule has 28 heavy (non-hydrogen) atoms. The lowest BCUT2D eigenvalue weighted by Crippen LogP contribution is -2.33. The van der Waals surface area contributed by atoms with Crippen molar-refractivity contribution in [3.8, 4) is 11.5 Å². The zero-order chi connectivity index (χ0) is 20.0. The third-order valence-electron chi connectivity index (χ3n) is 4.22. The number of hydrogen-bond donors (Lipinski definition) is 0. The Hall–Kier alpha value is -2.58. The van der Waals surface area contributed by atoms with Crippen molar-refractivity contribution in [2.75, 3.05) is 26.4 Å². The topological polar surface area (TPSA) is 82.1 Å². The van der Waals surface area contributed by atoms with Crippen molar-refractivity contribution < 1.29 is 27.4 Å². The van der Waals surface area contributed by atoms with E-state index < -0.39 is 16.0 Å². The molecule has 0 saturated heterocycles. The number of rotatable bonds is 8. The molecule has 0 spiro atoms. The second kappa shape index (κ2) is 9.07. The lowest BCUT2D eigenvalue weighted by molar-refractivity contribution is -0.143. The van der Waals surface area contributed by atoms with E-state index in [2.05, 4.69) is 0 Å². The molecule has 1 heterocycles. The summed E-state index contributed by atoms with van der Waals surface area (Å²) < 4.78 is 43.7. The molecular formula is C20H23NO6S. The van der Waals surface area contributed by atoms with Crippen LogP contribution in [0.25, 0.3) is 0 Å². The Morgan fingerprint density at radius 3 is 2.50 bits per heavy atom. The van der Waals surface area contributed by atoms with E-state index in [1.54, 1.807) is 13.0 Å². The van der Waals surface area contributed by atoms with Gasteiger partial charge in [0.05, 0.1) is 17.9 Å². The van der Waals surface area contributed by atoms with Crippen molar-refractivity contribution in [2.45, 2.75) is 24.8 Å². The van der Waals surface area contributed by atoms with Crippen LogP contribution in [0.2, 0.25) is 0 Å². The van der Waals surface area contributed by atoms with Crippen LogP contribution in [0.3, 0.4) is 0 Å². The maximum absolute atomic E-state index is 13.3. The number of esters is 1. The van der Waals surface area contributed by atoms with Gasteiger partial charge < -0.3 is 14.2 Å². The molecule has 3 rings (SSSR count). The second-order valence-corrected chi connectivity index (χ2v) is 8.12. The molecule has 2 aromatic carbocycles. The van der Waals surface area contributed by atoms with Crippen molar-refractivity contribution in [2.24, 2.45) is 0 Å². The first-order valence-electron chi connectivity index (χ1n) is 9.10. The monoisotopic (exact) mass is 405 g/mol. The van der Waals surface area contributed by atoms with Gasteiger partial charge in [0.15, 0.2) is 11.5 Å². The normalized spacial score (nSPS) is 13.4. The maximum atomic E-state index is 13.3. The van der Waals surface area contributed by atoms with Crippen molar-refractivity contribution >= 4 is 16.0 Å². The number of ether oxygens (including phenoxy) is 3. The van der Waals surface area contributed by atoms with Crippen LogP contribution in [0.4, 0.5) is 0 Å². The van der Waals surface area contributed by atoms with E-state index >= 15 is 0 Å². The van der Waals surface area contributed by atoms with Gasteiger partial charge in [-0.05, 0) is 24.6 Å². The fourth-order valence-electron chi connectivity index (χ4n) is 2.85. The summed E-state index contributed by atoms with van der Waals surface area (Å²) in [5, 5.41) is 0. The smallest absolute Gasteiger partial charge is 0.307 e. The molecule has 0 N–H and O–H groups in total. The predicted molar refractivity (Wildman–Crippen MR) is 103 cm³/mol. The van der Waals surface area contributed by atoms with Gasteiger partial charge in [-0.1, -0.05) is 30.3 Å². The molecule has 0 bridgehead atoms. The van der Waals surface area contributed by atoms with Crippen LogP contribution in [0.15, 0.2) is 53.4 Å². The van der Waals surface area contributed by atoms with Crippen LogP contribution < -0.4 is 9.47 Å². The summed E-state index contributed by atoms with van der Waals surface area (Å²) in [6.45, 7) is 2.94. The zero-order valence-corrected chi connectivity index (χ0v) is 16.5. The number of carbonyl (C=O) groups is 1. The second-order valence-electron chi connectivity index (χ2n) is 6.18. The van der Waals surface area contributed by atoms with Crippen LogP contribution in [0, 0.1) is 0 Å². The number of benzene rings is 2. The van der Waals surface area contributed by atoms with Gasteiger partial charge >= 0.3 is 5.97 Å². The van der Waals surface area contributed by atoms with E-state index in [0.29, 0.717) is 24.7 Å². The summed E-state index contributed by atoms with van der Waals surface area (Å²) >= 11 is 0. The van der Waals surface area contributed by atoms with Crippen LogP contribution in [-0.4, -0.2) is 45.1 Å². The molecule has 2 aromatic rings. The average Bonchev–Trinajstić information content (AvgIpc) is 2.71. The number of nitrogens with zero attached hydrogens (tertiary/aromatic N) is 1. The molecule has 0 atom stereocenters. The molecule has 8 heteroatoms. The van der Waals surface area contributed by atoms with Gasteiger partial charge in [0, 0.05) is 19.2 Å². The minimum Gasteiger partial charge on any atom is -0.486 e. The highest BCUT2D eigenvalue weighted by Crippen LogP contribution is 2.33. The van der Waals surface area contributed by atoms with E-state index in [-0.39, 0.29) is 31.0 Å². The summed E-state index contributed by atoms with van der Waals surface area (Å²) in [4.78, 5) is 11.9. The lowest BCUT2D eigenvalue weighted by Gasteiger charge is -2.24. The van der Waals surface area contributed by atoms with E-state index in [1.165, 1.54) is 16.4 Å². The standard InChI is InChI=1S/C20H23NO6S/c1-2-25-20(22)10-11-21(15-16-6-4-3-5-7-16)28(23,24)17-8-9-18-19(14-17)27-13-12-26-18/h3-9,14H,2,10-13,15H2,1H3. The van der Waals surface area contributed by atoms with Gasteiger partial charge in [-0.3, -0.25) is 4.79 Å². The Morgan fingerprint density at radius 1 is 1.07 bits per heavy atom. The minimum absolute atomic E-state index is 0.0184. The molecule has 1 aliphatic rings. The van der Waals surface area contributed by atoms with E-state index in [1.807, 2.05) is 30.3 Å². The van der Waals surface area contributed by atoms with Gasteiger partial charge in [0.2, 0.25) is 10.0 Å². The van der Waals surface area contributed by atoms with Gasteiger partial charge in [-0.2, -0.15) is 4.31 Å². The summed E-state index contributed by atoms with van der Waals surface area (Å²) in [7, 11) is -3.85. The summed E-state index contributed by atoms with van der Waals surface area (Å²) in [6.07, 6.45) is -0.0234. The first-order chi connectivity index (χ1) is 13.5. The average molecular weight is 405 g/mol. The third kappa shape index (κ3) is 4.82. The largest absolute Gasteiger partial charge is 0.486 e. The number of fused-ring (bicyclic) bond motifs is 1. The molecule has 0 fully saturated rings. The van der Waals surface area contributed by atoms with Crippen LogP contribution in [0.1, 0.15) is 18.9 Å². The molecule has 0 radical (unpaired) electrons. The van der Waals surface area contributed by atoms with Gasteiger partial charge in [0.25, 0.3) is 0 Å². The Morgan fingerprint density at radius 2 is 1.79 bits per heavy atom. The first kappa shape index (κ1) is 20.2. The van der Waals surface area contributed by atoms with Crippen molar-refractivity contribution in [1.29, 1.82) is 0 Å². The Bertz CT molecular complexity index is 914. The molecule has 0 aliphatic carbocycles. The van der Waals surface area contributed by atoms with Crippen molar-refractivity contribution in [1.82, 2.24) is 4.31 Å². The third-order valence-corrected chi connectivity index (χ3v) is 6.06. The number of hydrogen-bond acceptors (Lipinski definition) is 6. The summed E-state index contributed by atoms with van der Waals surface area (Å²) in [6, 6.07) is 13.8. The highest BCUT2D eigenvalue weighted by atomic mass is 32.2. The fourth-order valence-corrected chi connectivity index (χ4v) is 4.30. The van der Waals surface area contributed by atoms with Crippen molar-refractivity contribution in [3.05, 3.63) is 54.1 Å². The molecule has 7 nitrogen and oxygen atoms in total. The maximum Gasteiger partial charge on any atom is 0.307 e. The predicted octanol–water partition coefficient (Wildman–Crippen LogP) is 2.60. The highest BCUT2D eigenvalue weighted by Gasteiger charge is 2.27. The summed E-state index contributed by atoms with van der Waals surface area (Å²) in [5.41, 5.74) is 0.826. The van der Waals surface area contributed by atoms with Crippen LogP contribution >= 0.6 is 0 Å². The minimum atomic E-state index is -3.85. The zero-order valence-electron chi connectivity index (χ0n) is 15.7. The highest BCUT2D eigenvalue weighted by molar-refractivity contribution is 7.89. The van der Waals surface area contributed by atoms with E-state index in [4.69, 9.17) is 14.2 Å². The summed E-state index contributed by atoms with van der Waals surface area (Å²) in [5.74, 6) is 0.488. The van der Waals surface area contributed by atoms with Crippen molar-refractivity contribution in [3.63, 3.8) is 0 Å². The molecule has 1 aliphatic heterocycles. The molecule has 0 saturated carbocycles. The Labute approximate surface area is 164 Å². The lowest BCUT2D eigenvalue weighted by atomic mass is 10.2. The van der Waals surface area contributed by atoms with Gasteiger partial charge in [0.1, 0.15) is 13.2 Å². The number of carbonyl (C=O) groups excluding carboxylic acids is 1. The fraction of sp³-hybridized carbons (Fsp3) is 0.350. The molecule has 0 unspecified atom stereocenters.